The lowest BCUT2D eigenvalue weighted by Gasteiger charge is -2.36. The normalized spacial score (nSPS) is 17.9. The lowest BCUT2D eigenvalue weighted by molar-refractivity contribution is 0.173. The van der Waals surface area contributed by atoms with Gasteiger partial charge in [-0.3, -0.25) is 4.90 Å². The molecule has 6 nitrogen and oxygen atoms in total. The van der Waals surface area contributed by atoms with E-state index in [-0.39, 0.29) is 0 Å². The Morgan fingerprint density at radius 3 is 2.67 bits per heavy atom. The van der Waals surface area contributed by atoms with Crippen molar-refractivity contribution in [1.82, 2.24) is 14.9 Å². The Morgan fingerprint density at radius 2 is 1.88 bits per heavy atom. The lowest BCUT2D eigenvalue weighted by atomic mass is 10.0. The summed E-state index contributed by atoms with van der Waals surface area (Å²) in [7, 11) is 2.09. The van der Waals surface area contributed by atoms with Gasteiger partial charge in [0.25, 0.3) is 0 Å². The first-order chi connectivity index (χ1) is 11.8. The number of fused-ring (bicyclic) bond motifs is 1. The second-order valence-electron chi connectivity index (χ2n) is 6.35. The first-order valence-electron chi connectivity index (χ1n) is 8.40. The van der Waals surface area contributed by atoms with Gasteiger partial charge in [0.15, 0.2) is 11.5 Å². The minimum absolute atomic E-state index is 0.331. The fraction of sp³-hybridized carbons (Fsp3) is 0.444. The number of ether oxygens (including phenoxy) is 2. The number of anilines is 1. The molecule has 0 spiro atoms. The van der Waals surface area contributed by atoms with E-state index in [1.807, 2.05) is 12.1 Å². The maximum Gasteiger partial charge on any atom is 0.231 e. The number of piperidine rings is 1. The molecular formula is C18H22N4O2. The Hall–Kier alpha value is -2.34. The highest BCUT2D eigenvalue weighted by molar-refractivity contribution is 5.44. The summed E-state index contributed by atoms with van der Waals surface area (Å²) in [5.41, 5.74) is 1.28. The predicted molar refractivity (Wildman–Crippen MR) is 91.3 cm³/mol. The van der Waals surface area contributed by atoms with Crippen molar-refractivity contribution in [3.63, 3.8) is 0 Å². The van der Waals surface area contributed by atoms with Gasteiger partial charge in [0.1, 0.15) is 0 Å². The van der Waals surface area contributed by atoms with E-state index in [2.05, 4.69) is 38.9 Å². The van der Waals surface area contributed by atoms with Crippen molar-refractivity contribution in [3.8, 4) is 11.5 Å². The molecule has 1 aromatic heterocycles. The average Bonchev–Trinajstić information content (AvgIpc) is 3.10. The molecule has 2 aliphatic rings. The molecule has 0 N–H and O–H groups in total. The van der Waals surface area contributed by atoms with Gasteiger partial charge in [-0.25, -0.2) is 9.97 Å². The van der Waals surface area contributed by atoms with Gasteiger partial charge >= 0.3 is 0 Å². The first-order valence-corrected chi connectivity index (χ1v) is 8.40. The molecule has 0 saturated carbocycles. The van der Waals surface area contributed by atoms with Crippen molar-refractivity contribution in [2.45, 2.75) is 25.4 Å². The smallest absolute Gasteiger partial charge is 0.231 e. The summed E-state index contributed by atoms with van der Waals surface area (Å²) < 4.78 is 10.8. The van der Waals surface area contributed by atoms with E-state index in [1.165, 1.54) is 5.56 Å². The number of hydrogen-bond donors (Lipinski definition) is 0. The largest absolute Gasteiger partial charge is 0.454 e. The fourth-order valence-corrected chi connectivity index (χ4v) is 3.40. The SMILES string of the molecule is CN(c1ncccn1)C1CCN(Cc2ccc3c(c2)OCO3)CC1. The zero-order valence-corrected chi connectivity index (χ0v) is 13.9. The maximum absolute atomic E-state index is 5.46. The summed E-state index contributed by atoms with van der Waals surface area (Å²) in [6.45, 7) is 3.44. The highest BCUT2D eigenvalue weighted by atomic mass is 16.7. The van der Waals surface area contributed by atoms with Gasteiger partial charge in [-0.1, -0.05) is 6.07 Å². The topological polar surface area (TPSA) is 50.7 Å². The van der Waals surface area contributed by atoms with Crippen LogP contribution in [0, 0.1) is 0 Å². The highest BCUT2D eigenvalue weighted by Gasteiger charge is 2.24. The van der Waals surface area contributed by atoms with Crippen LogP contribution in [0.4, 0.5) is 5.95 Å². The standard InChI is InChI=1S/C18H22N4O2/c1-21(18-19-7-2-8-20-18)15-5-9-22(10-6-15)12-14-3-4-16-17(11-14)24-13-23-16/h2-4,7-8,11,15H,5-6,9-10,12-13H2,1H3. The molecule has 2 aromatic rings. The van der Waals surface area contributed by atoms with Crippen molar-refractivity contribution < 1.29 is 9.47 Å². The molecule has 0 amide bonds. The minimum Gasteiger partial charge on any atom is -0.454 e. The Labute approximate surface area is 142 Å². The molecule has 3 heterocycles. The van der Waals surface area contributed by atoms with Crippen molar-refractivity contribution in [2.24, 2.45) is 0 Å². The van der Waals surface area contributed by atoms with E-state index >= 15 is 0 Å². The van der Waals surface area contributed by atoms with E-state index in [9.17, 15) is 0 Å². The van der Waals surface area contributed by atoms with E-state index in [0.717, 1.165) is 49.9 Å². The van der Waals surface area contributed by atoms with Crippen LogP contribution in [0.2, 0.25) is 0 Å². The molecule has 0 bridgehead atoms. The zero-order chi connectivity index (χ0) is 16.4. The highest BCUT2D eigenvalue weighted by Crippen LogP contribution is 2.33. The van der Waals surface area contributed by atoms with Crippen LogP contribution in [-0.2, 0) is 6.54 Å². The van der Waals surface area contributed by atoms with Gasteiger partial charge in [0.2, 0.25) is 12.7 Å². The second-order valence-corrected chi connectivity index (χ2v) is 6.35. The van der Waals surface area contributed by atoms with Crippen LogP contribution >= 0.6 is 0 Å². The summed E-state index contributed by atoms with van der Waals surface area (Å²) in [5, 5.41) is 0. The molecule has 0 radical (unpaired) electrons. The quantitative estimate of drug-likeness (QED) is 0.859. The lowest BCUT2D eigenvalue weighted by Crippen LogP contribution is -2.43. The van der Waals surface area contributed by atoms with Crippen LogP contribution in [-0.4, -0.2) is 47.8 Å². The number of aromatic nitrogens is 2. The fourth-order valence-electron chi connectivity index (χ4n) is 3.40. The van der Waals surface area contributed by atoms with E-state index < -0.39 is 0 Å². The molecular weight excluding hydrogens is 304 g/mol. The Kier molecular flexibility index (Phi) is 4.21. The van der Waals surface area contributed by atoms with Gasteiger partial charge in [0, 0.05) is 45.1 Å². The molecule has 126 valence electrons. The third kappa shape index (κ3) is 3.14. The zero-order valence-electron chi connectivity index (χ0n) is 13.9. The van der Waals surface area contributed by atoms with Crippen LogP contribution < -0.4 is 14.4 Å². The summed E-state index contributed by atoms with van der Waals surface area (Å²) in [6.07, 6.45) is 5.85. The summed E-state index contributed by atoms with van der Waals surface area (Å²) in [5.74, 6) is 2.53. The molecule has 1 fully saturated rings. The number of nitrogens with zero attached hydrogens (tertiary/aromatic N) is 4. The van der Waals surface area contributed by atoms with Crippen molar-refractivity contribution in [1.29, 1.82) is 0 Å². The second kappa shape index (κ2) is 6.65. The third-order valence-electron chi connectivity index (χ3n) is 4.82. The van der Waals surface area contributed by atoms with Crippen LogP contribution in [0.5, 0.6) is 11.5 Å². The number of hydrogen-bond acceptors (Lipinski definition) is 6. The van der Waals surface area contributed by atoms with E-state index in [1.54, 1.807) is 12.4 Å². The van der Waals surface area contributed by atoms with Gasteiger partial charge < -0.3 is 14.4 Å². The molecule has 4 rings (SSSR count). The summed E-state index contributed by atoms with van der Waals surface area (Å²) in [6, 6.07) is 8.58. The van der Waals surface area contributed by atoms with Crippen molar-refractivity contribution in [2.75, 3.05) is 31.8 Å². The summed E-state index contributed by atoms with van der Waals surface area (Å²) in [4.78, 5) is 13.4. The average molecular weight is 326 g/mol. The molecule has 6 heteroatoms. The van der Waals surface area contributed by atoms with Gasteiger partial charge in [-0.2, -0.15) is 0 Å². The molecule has 1 saturated heterocycles. The monoisotopic (exact) mass is 326 g/mol. The third-order valence-corrected chi connectivity index (χ3v) is 4.82. The molecule has 2 aliphatic heterocycles. The van der Waals surface area contributed by atoms with Gasteiger partial charge in [-0.05, 0) is 36.6 Å². The van der Waals surface area contributed by atoms with Crippen LogP contribution in [0.25, 0.3) is 0 Å². The van der Waals surface area contributed by atoms with Crippen LogP contribution in [0.1, 0.15) is 18.4 Å². The molecule has 0 atom stereocenters. The first kappa shape index (κ1) is 15.2. The Morgan fingerprint density at radius 1 is 1.12 bits per heavy atom. The summed E-state index contributed by atoms with van der Waals surface area (Å²) >= 11 is 0. The van der Waals surface area contributed by atoms with Crippen molar-refractivity contribution >= 4 is 5.95 Å². The van der Waals surface area contributed by atoms with E-state index in [0.29, 0.717) is 12.8 Å². The van der Waals surface area contributed by atoms with Gasteiger partial charge in [0.05, 0.1) is 0 Å². The molecule has 0 unspecified atom stereocenters. The molecule has 1 aromatic carbocycles. The van der Waals surface area contributed by atoms with Crippen LogP contribution in [0.3, 0.4) is 0 Å². The number of rotatable bonds is 4. The van der Waals surface area contributed by atoms with E-state index in [4.69, 9.17) is 9.47 Å². The Bertz CT molecular complexity index is 687. The predicted octanol–water partition coefficient (Wildman–Crippen LogP) is 2.31. The van der Waals surface area contributed by atoms with Gasteiger partial charge in [-0.15, -0.1) is 0 Å². The maximum atomic E-state index is 5.46. The minimum atomic E-state index is 0.331. The van der Waals surface area contributed by atoms with Crippen molar-refractivity contribution in [3.05, 3.63) is 42.2 Å². The number of benzene rings is 1. The number of likely N-dealkylation sites (tertiary alicyclic amines) is 1. The molecule has 0 aliphatic carbocycles. The molecule has 24 heavy (non-hydrogen) atoms. The Balaban J connectivity index is 1.33. The van der Waals surface area contributed by atoms with Crippen LogP contribution in [0.15, 0.2) is 36.7 Å².